The fourth-order valence-corrected chi connectivity index (χ4v) is 1.29. The molecule has 1 aromatic carbocycles. The lowest BCUT2D eigenvalue weighted by Crippen LogP contribution is -2.48. The maximum Gasteiger partial charge on any atom is 0.244 e. The number of hydrogen-bond donors (Lipinski definition) is 2. The van der Waals surface area contributed by atoms with Crippen molar-refractivity contribution in [2.45, 2.75) is 26.3 Å². The minimum absolute atomic E-state index is 0.0830. The lowest BCUT2D eigenvalue weighted by atomic mass is 10.0. The Bertz CT molecular complexity index is 402. The molecule has 1 rings (SSSR count). The first-order valence-electron chi connectivity index (χ1n) is 5.13. The number of anilines is 1. The van der Waals surface area contributed by atoms with E-state index in [0.717, 1.165) is 11.3 Å². The Morgan fingerprint density at radius 3 is 2.56 bits per heavy atom. The van der Waals surface area contributed by atoms with Gasteiger partial charge in [-0.1, -0.05) is 17.7 Å². The Morgan fingerprint density at radius 2 is 2.00 bits per heavy atom. The standard InChI is InChI=1S/C12H17ClN2O/c1-8-5-6-9(13)7-10(8)15-11(16)12(2,3)14-4/h5-7,14H,1-4H3,(H,15,16). The summed E-state index contributed by atoms with van der Waals surface area (Å²) in [6.07, 6.45) is 0. The molecule has 1 amide bonds. The minimum Gasteiger partial charge on any atom is -0.324 e. The van der Waals surface area contributed by atoms with Crippen LogP contribution in [-0.4, -0.2) is 18.5 Å². The third-order valence-corrected chi connectivity index (χ3v) is 2.88. The van der Waals surface area contributed by atoms with Crippen molar-refractivity contribution in [1.82, 2.24) is 5.32 Å². The predicted octanol–water partition coefficient (Wildman–Crippen LogP) is 2.58. The monoisotopic (exact) mass is 240 g/mol. The van der Waals surface area contributed by atoms with E-state index in [0.29, 0.717) is 5.02 Å². The van der Waals surface area contributed by atoms with E-state index in [-0.39, 0.29) is 5.91 Å². The van der Waals surface area contributed by atoms with Crippen molar-refractivity contribution in [3.8, 4) is 0 Å². The molecular weight excluding hydrogens is 224 g/mol. The van der Waals surface area contributed by atoms with Crippen molar-refractivity contribution >= 4 is 23.2 Å². The average Bonchev–Trinajstić information content (AvgIpc) is 2.23. The molecule has 0 bridgehead atoms. The molecule has 88 valence electrons. The smallest absolute Gasteiger partial charge is 0.244 e. The Kier molecular flexibility index (Phi) is 3.94. The fourth-order valence-electron chi connectivity index (χ4n) is 1.12. The van der Waals surface area contributed by atoms with Crippen molar-refractivity contribution < 1.29 is 4.79 Å². The number of amides is 1. The van der Waals surface area contributed by atoms with Crippen molar-refractivity contribution in [3.63, 3.8) is 0 Å². The molecule has 0 saturated carbocycles. The van der Waals surface area contributed by atoms with Gasteiger partial charge in [-0.2, -0.15) is 0 Å². The molecule has 0 saturated heterocycles. The zero-order chi connectivity index (χ0) is 12.3. The normalized spacial score (nSPS) is 11.3. The van der Waals surface area contributed by atoms with Gasteiger partial charge in [0.1, 0.15) is 0 Å². The van der Waals surface area contributed by atoms with Gasteiger partial charge in [-0.25, -0.2) is 0 Å². The molecule has 0 aromatic heterocycles. The summed E-state index contributed by atoms with van der Waals surface area (Å²) in [4.78, 5) is 11.9. The van der Waals surface area contributed by atoms with Crippen LogP contribution in [0, 0.1) is 6.92 Å². The number of hydrogen-bond acceptors (Lipinski definition) is 2. The number of nitrogens with one attached hydrogen (secondary N) is 2. The number of benzene rings is 1. The van der Waals surface area contributed by atoms with Crippen LogP contribution in [0.15, 0.2) is 18.2 Å². The van der Waals surface area contributed by atoms with Gasteiger partial charge in [0.25, 0.3) is 0 Å². The molecule has 2 N–H and O–H groups in total. The quantitative estimate of drug-likeness (QED) is 0.853. The van der Waals surface area contributed by atoms with E-state index in [2.05, 4.69) is 10.6 Å². The molecule has 1 aromatic rings. The first-order valence-corrected chi connectivity index (χ1v) is 5.51. The average molecular weight is 241 g/mol. The first-order chi connectivity index (χ1) is 7.36. The Labute approximate surface area is 101 Å². The summed E-state index contributed by atoms with van der Waals surface area (Å²) >= 11 is 5.88. The molecule has 0 heterocycles. The van der Waals surface area contributed by atoms with Crippen LogP contribution in [-0.2, 0) is 4.79 Å². The maximum absolute atomic E-state index is 11.9. The van der Waals surface area contributed by atoms with E-state index in [1.165, 1.54) is 0 Å². The van der Waals surface area contributed by atoms with E-state index in [9.17, 15) is 4.79 Å². The van der Waals surface area contributed by atoms with E-state index < -0.39 is 5.54 Å². The summed E-state index contributed by atoms with van der Waals surface area (Å²) in [6.45, 7) is 5.57. The lowest BCUT2D eigenvalue weighted by molar-refractivity contribution is -0.121. The molecule has 3 nitrogen and oxygen atoms in total. The largest absolute Gasteiger partial charge is 0.324 e. The highest BCUT2D eigenvalue weighted by atomic mass is 35.5. The second-order valence-electron chi connectivity index (χ2n) is 4.29. The molecule has 0 aliphatic heterocycles. The fraction of sp³-hybridized carbons (Fsp3) is 0.417. The van der Waals surface area contributed by atoms with Crippen molar-refractivity contribution in [2.75, 3.05) is 12.4 Å². The summed E-state index contributed by atoms with van der Waals surface area (Å²) in [5.41, 5.74) is 1.14. The lowest BCUT2D eigenvalue weighted by Gasteiger charge is -2.23. The highest BCUT2D eigenvalue weighted by Crippen LogP contribution is 2.21. The summed E-state index contributed by atoms with van der Waals surface area (Å²) in [7, 11) is 1.75. The van der Waals surface area contributed by atoms with Crippen LogP contribution in [0.5, 0.6) is 0 Å². The summed E-state index contributed by atoms with van der Waals surface area (Å²) in [5.74, 6) is -0.0830. The van der Waals surface area contributed by atoms with Gasteiger partial charge in [0.15, 0.2) is 0 Å². The van der Waals surface area contributed by atoms with Gasteiger partial charge in [-0.15, -0.1) is 0 Å². The van der Waals surface area contributed by atoms with Crippen LogP contribution < -0.4 is 10.6 Å². The minimum atomic E-state index is -0.602. The summed E-state index contributed by atoms with van der Waals surface area (Å²) in [6, 6.07) is 5.43. The van der Waals surface area contributed by atoms with Crippen LogP contribution in [0.1, 0.15) is 19.4 Å². The molecule has 0 fully saturated rings. The van der Waals surface area contributed by atoms with Crippen LogP contribution in [0.4, 0.5) is 5.69 Å². The Balaban J connectivity index is 2.89. The van der Waals surface area contributed by atoms with E-state index in [1.807, 2.05) is 26.8 Å². The molecule has 0 unspecified atom stereocenters. The van der Waals surface area contributed by atoms with Gasteiger partial charge in [0, 0.05) is 10.7 Å². The first kappa shape index (κ1) is 13.0. The number of carbonyl (C=O) groups is 1. The molecule has 4 heteroatoms. The van der Waals surface area contributed by atoms with Crippen LogP contribution >= 0.6 is 11.6 Å². The number of carbonyl (C=O) groups excluding carboxylic acids is 1. The van der Waals surface area contributed by atoms with E-state index in [1.54, 1.807) is 19.2 Å². The van der Waals surface area contributed by atoms with Gasteiger partial charge in [0.05, 0.1) is 5.54 Å². The van der Waals surface area contributed by atoms with E-state index >= 15 is 0 Å². The van der Waals surface area contributed by atoms with Gasteiger partial charge in [-0.3, -0.25) is 4.79 Å². The molecule has 0 radical (unpaired) electrons. The van der Waals surface area contributed by atoms with Crippen LogP contribution in [0.2, 0.25) is 5.02 Å². The Morgan fingerprint density at radius 1 is 1.38 bits per heavy atom. The summed E-state index contributed by atoms with van der Waals surface area (Å²) in [5, 5.41) is 6.42. The zero-order valence-corrected chi connectivity index (χ0v) is 10.8. The maximum atomic E-state index is 11.9. The number of aryl methyl sites for hydroxylation is 1. The second-order valence-corrected chi connectivity index (χ2v) is 4.72. The van der Waals surface area contributed by atoms with E-state index in [4.69, 9.17) is 11.6 Å². The number of rotatable bonds is 3. The highest BCUT2D eigenvalue weighted by Gasteiger charge is 2.25. The molecule has 0 aliphatic rings. The molecule has 0 spiro atoms. The highest BCUT2D eigenvalue weighted by molar-refractivity contribution is 6.31. The third-order valence-electron chi connectivity index (χ3n) is 2.64. The van der Waals surface area contributed by atoms with Crippen molar-refractivity contribution in [3.05, 3.63) is 28.8 Å². The van der Waals surface area contributed by atoms with Gasteiger partial charge >= 0.3 is 0 Å². The van der Waals surface area contributed by atoms with Crippen LogP contribution in [0.3, 0.4) is 0 Å². The number of halogens is 1. The van der Waals surface area contributed by atoms with Gasteiger partial charge < -0.3 is 10.6 Å². The van der Waals surface area contributed by atoms with Crippen LogP contribution in [0.25, 0.3) is 0 Å². The molecule has 0 aliphatic carbocycles. The second kappa shape index (κ2) is 4.85. The topological polar surface area (TPSA) is 41.1 Å². The van der Waals surface area contributed by atoms with Gasteiger partial charge in [0.2, 0.25) is 5.91 Å². The zero-order valence-electron chi connectivity index (χ0n) is 10.0. The summed E-state index contributed by atoms with van der Waals surface area (Å²) < 4.78 is 0. The third kappa shape index (κ3) is 2.97. The molecule has 0 atom stereocenters. The molecule has 16 heavy (non-hydrogen) atoms. The number of likely N-dealkylation sites (N-methyl/N-ethyl adjacent to an activating group) is 1. The predicted molar refractivity (Wildman–Crippen MR) is 68.0 cm³/mol. The SMILES string of the molecule is CNC(C)(C)C(=O)Nc1cc(Cl)ccc1C. The molecular formula is C12H17ClN2O. The van der Waals surface area contributed by atoms with Crippen molar-refractivity contribution in [1.29, 1.82) is 0 Å². The van der Waals surface area contributed by atoms with Gasteiger partial charge in [-0.05, 0) is 45.5 Å². The Hall–Kier alpha value is -1.06. The van der Waals surface area contributed by atoms with Crippen molar-refractivity contribution in [2.24, 2.45) is 0 Å².